The van der Waals surface area contributed by atoms with Crippen LogP contribution < -0.4 is 9.47 Å². The molecule has 0 N–H and O–H groups in total. The summed E-state index contributed by atoms with van der Waals surface area (Å²) in [4.78, 5) is 17.1. The number of carbonyl (C=O) groups excluding carboxylic acids is 1. The molecule has 0 aliphatic carbocycles. The Kier molecular flexibility index (Phi) is 3.74. The van der Waals surface area contributed by atoms with E-state index in [2.05, 4.69) is 4.98 Å². The van der Waals surface area contributed by atoms with Crippen LogP contribution in [0.15, 0.2) is 54.7 Å². The highest BCUT2D eigenvalue weighted by atomic mass is 16.5. The minimum absolute atomic E-state index is 0.0699. The predicted octanol–water partition coefficient (Wildman–Crippen LogP) is 3.48. The molecule has 0 saturated carbocycles. The number of fused-ring (bicyclic) bond motifs is 1. The normalized spacial score (nSPS) is 10.5. The second kappa shape index (κ2) is 5.85. The zero-order chi connectivity index (χ0) is 15.5. The fraction of sp³-hybridized carbons (Fsp3) is 0.111. The van der Waals surface area contributed by atoms with Crippen molar-refractivity contribution in [3.05, 3.63) is 65.9 Å². The highest BCUT2D eigenvalue weighted by molar-refractivity contribution is 6.16. The summed E-state index contributed by atoms with van der Waals surface area (Å²) in [6, 6.07) is 14.5. The van der Waals surface area contributed by atoms with Gasteiger partial charge < -0.3 is 9.47 Å². The summed E-state index contributed by atoms with van der Waals surface area (Å²) in [6.07, 6.45) is 1.65. The van der Waals surface area contributed by atoms with E-state index in [1.807, 2.05) is 24.3 Å². The molecule has 0 unspecified atom stereocenters. The smallest absolute Gasteiger partial charge is 0.193 e. The molecule has 4 nitrogen and oxygen atoms in total. The van der Waals surface area contributed by atoms with Crippen molar-refractivity contribution in [2.75, 3.05) is 14.2 Å². The molecule has 0 radical (unpaired) electrons. The summed E-state index contributed by atoms with van der Waals surface area (Å²) in [5, 5.41) is 0.838. The molecule has 0 saturated heterocycles. The number of nitrogens with zero attached hydrogens (tertiary/aromatic N) is 1. The largest absolute Gasteiger partial charge is 0.493 e. The number of aromatic nitrogens is 1. The number of ether oxygens (including phenoxy) is 2. The molecular formula is C18H15NO3. The number of para-hydroxylation sites is 1. The van der Waals surface area contributed by atoms with E-state index in [4.69, 9.17) is 9.47 Å². The van der Waals surface area contributed by atoms with Crippen LogP contribution in [0.2, 0.25) is 0 Å². The first-order chi connectivity index (χ1) is 10.7. The molecule has 2 aromatic carbocycles. The number of pyridine rings is 1. The lowest BCUT2D eigenvalue weighted by atomic mass is 9.99. The minimum atomic E-state index is -0.0699. The van der Waals surface area contributed by atoms with E-state index in [1.54, 1.807) is 44.7 Å². The first-order valence-electron chi connectivity index (χ1n) is 6.85. The Morgan fingerprint density at radius 1 is 0.955 bits per heavy atom. The fourth-order valence-electron chi connectivity index (χ4n) is 2.43. The molecule has 1 aromatic heterocycles. The third kappa shape index (κ3) is 2.39. The van der Waals surface area contributed by atoms with Crippen molar-refractivity contribution in [3.63, 3.8) is 0 Å². The maximum absolute atomic E-state index is 12.8. The van der Waals surface area contributed by atoms with Crippen LogP contribution >= 0.6 is 0 Å². The fourth-order valence-corrected chi connectivity index (χ4v) is 2.43. The minimum Gasteiger partial charge on any atom is -0.493 e. The van der Waals surface area contributed by atoms with Crippen molar-refractivity contribution >= 4 is 16.7 Å². The lowest BCUT2D eigenvalue weighted by molar-refractivity contribution is 0.104. The average molecular weight is 293 g/mol. The summed E-state index contributed by atoms with van der Waals surface area (Å²) in [5.74, 6) is 1.06. The van der Waals surface area contributed by atoms with Crippen LogP contribution in [0.4, 0.5) is 0 Å². The summed E-state index contributed by atoms with van der Waals surface area (Å²) in [6.45, 7) is 0. The first kappa shape index (κ1) is 14.1. The summed E-state index contributed by atoms with van der Waals surface area (Å²) in [5.41, 5.74) is 1.97. The number of carbonyl (C=O) groups is 1. The van der Waals surface area contributed by atoms with Gasteiger partial charge >= 0.3 is 0 Å². The van der Waals surface area contributed by atoms with Gasteiger partial charge in [-0.25, -0.2) is 0 Å². The van der Waals surface area contributed by atoms with Gasteiger partial charge in [-0.1, -0.05) is 18.2 Å². The van der Waals surface area contributed by atoms with E-state index >= 15 is 0 Å². The second-order valence-corrected chi connectivity index (χ2v) is 4.77. The van der Waals surface area contributed by atoms with Crippen LogP contribution in [0.3, 0.4) is 0 Å². The molecule has 0 atom stereocenters. The first-order valence-corrected chi connectivity index (χ1v) is 6.85. The van der Waals surface area contributed by atoms with Crippen molar-refractivity contribution in [1.29, 1.82) is 0 Å². The zero-order valence-corrected chi connectivity index (χ0v) is 12.4. The zero-order valence-electron chi connectivity index (χ0n) is 12.4. The SMILES string of the molecule is COc1ccc(C(=O)c2ccnc3ccccc23)cc1OC. The van der Waals surface area contributed by atoms with Gasteiger partial charge in [0, 0.05) is 22.7 Å². The van der Waals surface area contributed by atoms with Crippen molar-refractivity contribution in [3.8, 4) is 11.5 Å². The Morgan fingerprint density at radius 3 is 2.50 bits per heavy atom. The highest BCUT2D eigenvalue weighted by Crippen LogP contribution is 2.29. The van der Waals surface area contributed by atoms with E-state index in [0.717, 1.165) is 10.9 Å². The quantitative estimate of drug-likeness (QED) is 0.691. The molecule has 3 rings (SSSR count). The van der Waals surface area contributed by atoms with Gasteiger partial charge in [-0.15, -0.1) is 0 Å². The van der Waals surface area contributed by atoms with Gasteiger partial charge in [0.25, 0.3) is 0 Å². The Bertz CT molecular complexity index is 837. The van der Waals surface area contributed by atoms with Gasteiger partial charge in [0.1, 0.15) is 0 Å². The third-order valence-electron chi connectivity index (χ3n) is 3.54. The Balaban J connectivity index is 2.10. The molecule has 0 bridgehead atoms. The number of rotatable bonds is 4. The molecule has 0 aliphatic heterocycles. The van der Waals surface area contributed by atoms with Crippen LogP contribution in [-0.4, -0.2) is 25.0 Å². The molecule has 3 aromatic rings. The molecule has 0 aliphatic rings. The van der Waals surface area contributed by atoms with Gasteiger partial charge in [0.05, 0.1) is 19.7 Å². The van der Waals surface area contributed by atoms with Gasteiger partial charge in [-0.3, -0.25) is 9.78 Å². The second-order valence-electron chi connectivity index (χ2n) is 4.77. The average Bonchev–Trinajstić information content (AvgIpc) is 2.60. The predicted molar refractivity (Wildman–Crippen MR) is 84.7 cm³/mol. The van der Waals surface area contributed by atoms with Crippen LogP contribution in [0.25, 0.3) is 10.9 Å². The van der Waals surface area contributed by atoms with Crippen LogP contribution in [0, 0.1) is 0 Å². The Morgan fingerprint density at radius 2 is 1.73 bits per heavy atom. The molecule has 0 spiro atoms. The summed E-state index contributed by atoms with van der Waals surface area (Å²) in [7, 11) is 3.11. The maximum atomic E-state index is 12.8. The topological polar surface area (TPSA) is 48.4 Å². The van der Waals surface area contributed by atoms with Crippen molar-refractivity contribution in [2.45, 2.75) is 0 Å². The van der Waals surface area contributed by atoms with E-state index in [0.29, 0.717) is 22.6 Å². The molecule has 0 fully saturated rings. The maximum Gasteiger partial charge on any atom is 0.193 e. The van der Waals surface area contributed by atoms with E-state index in [1.165, 1.54) is 0 Å². The van der Waals surface area contributed by atoms with E-state index < -0.39 is 0 Å². The van der Waals surface area contributed by atoms with Crippen molar-refractivity contribution in [2.24, 2.45) is 0 Å². The summed E-state index contributed by atoms with van der Waals surface area (Å²) < 4.78 is 10.5. The monoisotopic (exact) mass is 293 g/mol. The van der Waals surface area contributed by atoms with Crippen LogP contribution in [-0.2, 0) is 0 Å². The number of benzene rings is 2. The third-order valence-corrected chi connectivity index (χ3v) is 3.54. The highest BCUT2D eigenvalue weighted by Gasteiger charge is 2.15. The lowest BCUT2D eigenvalue weighted by Gasteiger charge is -2.10. The molecule has 110 valence electrons. The molecule has 22 heavy (non-hydrogen) atoms. The van der Waals surface area contributed by atoms with E-state index in [9.17, 15) is 4.79 Å². The van der Waals surface area contributed by atoms with Crippen LogP contribution in [0.1, 0.15) is 15.9 Å². The number of methoxy groups -OCH3 is 2. The van der Waals surface area contributed by atoms with E-state index in [-0.39, 0.29) is 5.78 Å². The molecule has 1 heterocycles. The Labute approximate surface area is 128 Å². The van der Waals surface area contributed by atoms with Gasteiger partial charge in [0.15, 0.2) is 17.3 Å². The molecule has 0 amide bonds. The Hall–Kier alpha value is -2.88. The van der Waals surface area contributed by atoms with Gasteiger partial charge in [0.2, 0.25) is 0 Å². The molecular weight excluding hydrogens is 278 g/mol. The van der Waals surface area contributed by atoms with Crippen LogP contribution in [0.5, 0.6) is 11.5 Å². The molecule has 4 heteroatoms. The summed E-state index contributed by atoms with van der Waals surface area (Å²) >= 11 is 0. The number of ketones is 1. The van der Waals surface area contributed by atoms with Crippen molar-refractivity contribution in [1.82, 2.24) is 4.98 Å². The number of hydrogen-bond donors (Lipinski definition) is 0. The lowest BCUT2D eigenvalue weighted by Crippen LogP contribution is -2.03. The van der Waals surface area contributed by atoms with Gasteiger partial charge in [-0.05, 0) is 30.3 Å². The number of hydrogen-bond acceptors (Lipinski definition) is 4. The standard InChI is InChI=1S/C18H15NO3/c1-21-16-8-7-12(11-17(16)22-2)18(20)14-9-10-19-15-6-4-3-5-13(14)15/h3-11H,1-2H3. The van der Waals surface area contributed by atoms with Crippen molar-refractivity contribution < 1.29 is 14.3 Å². The van der Waals surface area contributed by atoms with Gasteiger partial charge in [-0.2, -0.15) is 0 Å².